The minimum Gasteiger partial charge on any atom is -0.335 e. The summed E-state index contributed by atoms with van der Waals surface area (Å²) in [5.41, 5.74) is 2.42. The number of pyridine rings is 1. The molecule has 0 radical (unpaired) electrons. The van der Waals surface area contributed by atoms with Crippen LogP contribution in [0.15, 0.2) is 41.4 Å². The summed E-state index contributed by atoms with van der Waals surface area (Å²) in [7, 11) is 2.15. The molecule has 4 nitrogen and oxygen atoms in total. The minimum absolute atomic E-state index is 0.271. The lowest BCUT2D eigenvalue weighted by Gasteiger charge is -2.37. The summed E-state index contributed by atoms with van der Waals surface area (Å²) in [6.07, 6.45) is 7.16. The summed E-state index contributed by atoms with van der Waals surface area (Å²) in [5, 5.41) is 4.21. The van der Waals surface area contributed by atoms with Crippen LogP contribution in [0.4, 0.5) is 0 Å². The highest BCUT2D eigenvalue weighted by Crippen LogP contribution is 2.20. The number of likely N-dealkylation sites (tertiary alicyclic amines) is 1. The molecule has 1 amide bonds. The second-order valence-electron chi connectivity index (χ2n) is 6.54. The van der Waals surface area contributed by atoms with Gasteiger partial charge in [0.1, 0.15) is 0 Å². The molecule has 0 aromatic carbocycles. The highest BCUT2D eigenvalue weighted by atomic mass is 32.1. The lowest BCUT2D eigenvalue weighted by atomic mass is 10.0. The fraction of sp³-hybridized carbons (Fsp3) is 0.474. The first-order valence-electron chi connectivity index (χ1n) is 8.60. The van der Waals surface area contributed by atoms with Gasteiger partial charge in [-0.15, -0.1) is 0 Å². The van der Waals surface area contributed by atoms with Gasteiger partial charge in [0, 0.05) is 31.4 Å². The van der Waals surface area contributed by atoms with Crippen LogP contribution in [0.2, 0.25) is 0 Å². The van der Waals surface area contributed by atoms with E-state index in [1.165, 1.54) is 5.56 Å². The van der Waals surface area contributed by atoms with Crippen molar-refractivity contribution < 1.29 is 4.79 Å². The van der Waals surface area contributed by atoms with E-state index in [2.05, 4.69) is 38.7 Å². The fourth-order valence-electron chi connectivity index (χ4n) is 3.24. The van der Waals surface area contributed by atoms with Crippen molar-refractivity contribution in [3.63, 3.8) is 0 Å². The van der Waals surface area contributed by atoms with E-state index in [0.29, 0.717) is 19.0 Å². The van der Waals surface area contributed by atoms with Crippen LogP contribution in [-0.2, 0) is 17.8 Å². The van der Waals surface area contributed by atoms with Gasteiger partial charge in [0.15, 0.2) is 0 Å². The van der Waals surface area contributed by atoms with E-state index in [9.17, 15) is 4.79 Å². The van der Waals surface area contributed by atoms with Crippen molar-refractivity contribution in [1.82, 2.24) is 14.8 Å². The van der Waals surface area contributed by atoms with Gasteiger partial charge in [-0.1, -0.05) is 0 Å². The Kier molecular flexibility index (Phi) is 5.99. The van der Waals surface area contributed by atoms with Crippen molar-refractivity contribution >= 4 is 17.2 Å². The van der Waals surface area contributed by atoms with E-state index >= 15 is 0 Å². The maximum absolute atomic E-state index is 12.9. The van der Waals surface area contributed by atoms with Crippen LogP contribution >= 0.6 is 11.3 Å². The monoisotopic (exact) mass is 343 g/mol. The molecule has 2 aromatic heterocycles. The first-order valence-corrected chi connectivity index (χ1v) is 9.54. The van der Waals surface area contributed by atoms with E-state index in [-0.39, 0.29) is 5.91 Å². The van der Waals surface area contributed by atoms with Gasteiger partial charge in [-0.25, -0.2) is 0 Å². The summed E-state index contributed by atoms with van der Waals surface area (Å²) >= 11 is 1.69. The molecule has 0 aliphatic carbocycles. The smallest absolute Gasteiger partial charge is 0.223 e. The number of hydrogen-bond donors (Lipinski definition) is 0. The molecule has 3 rings (SSSR count). The molecule has 0 unspecified atom stereocenters. The third-order valence-corrected chi connectivity index (χ3v) is 5.49. The molecule has 0 saturated carbocycles. The van der Waals surface area contributed by atoms with E-state index in [1.54, 1.807) is 23.7 Å². The zero-order valence-electron chi connectivity index (χ0n) is 14.2. The van der Waals surface area contributed by atoms with Crippen LogP contribution in [0.5, 0.6) is 0 Å². The highest BCUT2D eigenvalue weighted by Gasteiger charge is 2.26. The summed E-state index contributed by atoms with van der Waals surface area (Å²) < 4.78 is 0. The molecular formula is C19H25N3OS. The molecule has 5 heteroatoms. The lowest BCUT2D eigenvalue weighted by Crippen LogP contribution is -2.46. The Morgan fingerprint density at radius 3 is 2.67 bits per heavy atom. The molecule has 0 bridgehead atoms. The molecular weight excluding hydrogens is 318 g/mol. The van der Waals surface area contributed by atoms with E-state index in [1.807, 2.05) is 12.1 Å². The molecule has 3 heterocycles. The van der Waals surface area contributed by atoms with Gasteiger partial charge in [0.05, 0.1) is 0 Å². The summed E-state index contributed by atoms with van der Waals surface area (Å²) in [4.78, 5) is 21.5. The lowest BCUT2D eigenvalue weighted by molar-refractivity contribution is -0.135. The summed E-state index contributed by atoms with van der Waals surface area (Å²) in [6, 6.07) is 6.48. The van der Waals surface area contributed by atoms with E-state index in [0.717, 1.165) is 37.9 Å². The molecule has 1 aliphatic rings. The number of piperidine rings is 1. The van der Waals surface area contributed by atoms with Gasteiger partial charge in [-0.05, 0) is 79.5 Å². The predicted molar refractivity (Wildman–Crippen MR) is 97.9 cm³/mol. The Morgan fingerprint density at radius 1 is 1.25 bits per heavy atom. The van der Waals surface area contributed by atoms with Crippen LogP contribution < -0.4 is 0 Å². The normalized spacial score (nSPS) is 16.2. The SMILES string of the molecule is CN1CCC(N(Cc2ccncc2)C(=O)CCc2ccsc2)CC1. The molecule has 1 fully saturated rings. The zero-order chi connectivity index (χ0) is 16.8. The average molecular weight is 343 g/mol. The third-order valence-electron chi connectivity index (χ3n) is 4.76. The van der Waals surface area contributed by atoms with Crippen LogP contribution in [0, 0.1) is 0 Å². The van der Waals surface area contributed by atoms with Crippen molar-refractivity contribution in [2.24, 2.45) is 0 Å². The van der Waals surface area contributed by atoms with Gasteiger partial charge < -0.3 is 9.80 Å². The van der Waals surface area contributed by atoms with Crippen LogP contribution in [0.25, 0.3) is 0 Å². The molecule has 0 atom stereocenters. The second-order valence-corrected chi connectivity index (χ2v) is 7.32. The maximum Gasteiger partial charge on any atom is 0.223 e. The number of nitrogens with zero attached hydrogens (tertiary/aromatic N) is 3. The number of hydrogen-bond acceptors (Lipinski definition) is 4. The van der Waals surface area contributed by atoms with Crippen LogP contribution in [0.3, 0.4) is 0 Å². The predicted octanol–water partition coefficient (Wildman–Crippen LogP) is 3.20. The van der Waals surface area contributed by atoms with Gasteiger partial charge in [-0.3, -0.25) is 9.78 Å². The van der Waals surface area contributed by atoms with E-state index < -0.39 is 0 Å². The molecule has 0 N–H and O–H groups in total. The van der Waals surface area contributed by atoms with Gasteiger partial charge in [0.25, 0.3) is 0 Å². The summed E-state index contributed by atoms with van der Waals surface area (Å²) in [6.45, 7) is 2.82. The van der Waals surface area contributed by atoms with Gasteiger partial charge >= 0.3 is 0 Å². The van der Waals surface area contributed by atoms with E-state index in [4.69, 9.17) is 0 Å². The number of aromatic nitrogens is 1. The zero-order valence-corrected chi connectivity index (χ0v) is 15.0. The Morgan fingerprint density at radius 2 is 2.00 bits per heavy atom. The Bertz CT molecular complexity index is 621. The minimum atomic E-state index is 0.271. The van der Waals surface area contributed by atoms with Crippen LogP contribution in [-0.4, -0.2) is 46.9 Å². The van der Waals surface area contributed by atoms with Gasteiger partial charge in [-0.2, -0.15) is 11.3 Å². The molecule has 24 heavy (non-hydrogen) atoms. The molecule has 128 valence electrons. The summed E-state index contributed by atoms with van der Waals surface area (Å²) in [5.74, 6) is 0.271. The number of carbonyl (C=O) groups is 1. The standard InChI is InChI=1S/C19H25N3OS/c1-21-11-6-18(7-12-21)22(14-16-4-9-20-10-5-16)19(23)3-2-17-8-13-24-15-17/h4-5,8-10,13,15,18H,2-3,6-7,11-12,14H2,1H3. The van der Waals surface area contributed by atoms with Crippen molar-refractivity contribution in [2.75, 3.05) is 20.1 Å². The van der Waals surface area contributed by atoms with Crippen LogP contribution in [0.1, 0.15) is 30.4 Å². The molecule has 1 saturated heterocycles. The first kappa shape index (κ1) is 17.1. The van der Waals surface area contributed by atoms with Gasteiger partial charge in [0.2, 0.25) is 5.91 Å². The molecule has 2 aromatic rings. The quantitative estimate of drug-likeness (QED) is 0.808. The number of thiophene rings is 1. The number of carbonyl (C=O) groups excluding carboxylic acids is 1. The highest BCUT2D eigenvalue weighted by molar-refractivity contribution is 7.07. The average Bonchev–Trinajstić information content (AvgIpc) is 3.13. The maximum atomic E-state index is 12.9. The van der Waals surface area contributed by atoms with Crippen molar-refractivity contribution in [1.29, 1.82) is 0 Å². The second kappa shape index (κ2) is 8.40. The topological polar surface area (TPSA) is 36.4 Å². The molecule has 0 spiro atoms. The largest absolute Gasteiger partial charge is 0.335 e. The van der Waals surface area contributed by atoms with Crippen molar-refractivity contribution in [3.8, 4) is 0 Å². The first-order chi connectivity index (χ1) is 11.7. The Hall–Kier alpha value is -1.72. The van der Waals surface area contributed by atoms with Crippen molar-refractivity contribution in [3.05, 3.63) is 52.5 Å². The fourth-order valence-corrected chi connectivity index (χ4v) is 3.95. The third kappa shape index (κ3) is 4.65. The number of rotatable bonds is 6. The number of aryl methyl sites for hydroxylation is 1. The van der Waals surface area contributed by atoms with Crippen molar-refractivity contribution in [2.45, 2.75) is 38.3 Å². The molecule has 1 aliphatic heterocycles. The Labute approximate surface area is 148 Å². The number of amides is 1. The Balaban J connectivity index is 1.67.